The van der Waals surface area contributed by atoms with Gasteiger partial charge in [0.2, 0.25) is 0 Å². The number of carbonyl (C=O) groups excluding carboxylic acids is 1. The van der Waals surface area contributed by atoms with Crippen molar-refractivity contribution in [1.82, 2.24) is 5.43 Å². The zero-order valence-electron chi connectivity index (χ0n) is 15.8. The molecule has 0 fully saturated rings. The molecule has 0 saturated carbocycles. The molecule has 2 rings (SSSR count). The Balaban J connectivity index is 1.87. The molecule has 138 valence electrons. The first-order chi connectivity index (χ1) is 12.5. The number of nitrogens with one attached hydrogen (secondary N) is 1. The average molecular weight is 354 g/mol. The van der Waals surface area contributed by atoms with Crippen molar-refractivity contribution in [1.29, 1.82) is 0 Å². The van der Waals surface area contributed by atoms with Crippen LogP contribution in [0.4, 0.5) is 0 Å². The molecule has 5 nitrogen and oxygen atoms in total. The van der Waals surface area contributed by atoms with E-state index >= 15 is 0 Å². The lowest BCUT2D eigenvalue weighted by atomic mass is 10.1. The van der Waals surface area contributed by atoms with Crippen molar-refractivity contribution < 1.29 is 14.3 Å². The van der Waals surface area contributed by atoms with Gasteiger partial charge in [-0.3, -0.25) is 4.79 Å². The molecule has 0 atom stereocenters. The first kappa shape index (κ1) is 19.5. The van der Waals surface area contributed by atoms with Crippen LogP contribution in [0.2, 0.25) is 0 Å². The molecule has 5 heteroatoms. The first-order valence-corrected chi connectivity index (χ1v) is 8.76. The summed E-state index contributed by atoms with van der Waals surface area (Å²) in [4.78, 5) is 12.0. The summed E-state index contributed by atoms with van der Waals surface area (Å²) >= 11 is 0. The third-order valence-corrected chi connectivity index (χ3v) is 3.80. The Morgan fingerprint density at radius 2 is 1.81 bits per heavy atom. The maximum Gasteiger partial charge on any atom is 0.277 e. The number of hydrogen-bond acceptors (Lipinski definition) is 4. The summed E-state index contributed by atoms with van der Waals surface area (Å²) in [5.41, 5.74) is 6.25. The van der Waals surface area contributed by atoms with Gasteiger partial charge >= 0.3 is 0 Å². The van der Waals surface area contributed by atoms with E-state index in [4.69, 9.17) is 9.47 Å². The third kappa shape index (κ3) is 5.92. The van der Waals surface area contributed by atoms with Crippen LogP contribution in [0.15, 0.2) is 47.6 Å². The van der Waals surface area contributed by atoms with Crippen LogP contribution in [-0.2, 0) is 4.79 Å². The quantitative estimate of drug-likeness (QED) is 0.575. The fourth-order valence-corrected chi connectivity index (χ4v) is 2.26. The molecule has 1 N–H and O–H groups in total. The highest BCUT2D eigenvalue weighted by Gasteiger charge is 2.05. The van der Waals surface area contributed by atoms with Crippen molar-refractivity contribution in [2.24, 2.45) is 5.10 Å². The summed E-state index contributed by atoms with van der Waals surface area (Å²) in [5, 5.41) is 4.13. The lowest BCUT2D eigenvalue weighted by Crippen LogP contribution is -2.25. The molecule has 0 heterocycles. The molecule has 0 aliphatic heterocycles. The van der Waals surface area contributed by atoms with Gasteiger partial charge < -0.3 is 9.47 Å². The van der Waals surface area contributed by atoms with Gasteiger partial charge in [0.15, 0.2) is 6.61 Å². The van der Waals surface area contributed by atoms with Crippen LogP contribution in [-0.4, -0.2) is 24.8 Å². The maximum absolute atomic E-state index is 12.0. The van der Waals surface area contributed by atoms with E-state index in [1.807, 2.05) is 63.2 Å². The van der Waals surface area contributed by atoms with Gasteiger partial charge in [0.25, 0.3) is 5.91 Å². The van der Waals surface area contributed by atoms with Crippen molar-refractivity contribution in [3.63, 3.8) is 0 Å². The average Bonchev–Trinajstić information content (AvgIpc) is 2.65. The zero-order chi connectivity index (χ0) is 18.9. The summed E-state index contributed by atoms with van der Waals surface area (Å²) < 4.78 is 11.1. The van der Waals surface area contributed by atoms with E-state index < -0.39 is 0 Å². The molecule has 0 bridgehead atoms. The highest BCUT2D eigenvalue weighted by molar-refractivity contribution is 5.99. The molecule has 0 aliphatic rings. The molecule has 0 saturated heterocycles. The second-order valence-electron chi connectivity index (χ2n) is 6.16. The number of carbonyl (C=O) groups is 1. The Hall–Kier alpha value is -2.82. The number of benzene rings is 2. The molecular formula is C21H26N2O3. The fraction of sp³-hybridized carbons (Fsp3) is 0.333. The van der Waals surface area contributed by atoms with Crippen LogP contribution >= 0.6 is 0 Å². The molecule has 2 aromatic carbocycles. The second kappa shape index (κ2) is 9.61. The molecule has 2 aromatic rings. The number of hydrazone groups is 1. The summed E-state index contributed by atoms with van der Waals surface area (Å²) in [6.45, 7) is 8.46. The number of aryl methyl sites for hydroxylation is 2. The van der Waals surface area contributed by atoms with Crippen LogP contribution in [0.3, 0.4) is 0 Å². The standard InChI is InChI=1S/C21H26N2O3/c1-5-12-25-19-10-8-18(9-11-19)17(4)22-23-21(24)14-26-20-13-15(2)6-7-16(20)3/h6-11,13H,5,12,14H2,1-4H3,(H,23,24)/b22-17-. The zero-order valence-corrected chi connectivity index (χ0v) is 15.8. The SMILES string of the molecule is CCCOc1ccc(/C(C)=N\NC(=O)COc2cc(C)ccc2C)cc1. The Labute approximate surface area is 155 Å². The molecule has 0 radical (unpaired) electrons. The van der Waals surface area contributed by atoms with E-state index in [-0.39, 0.29) is 12.5 Å². The van der Waals surface area contributed by atoms with E-state index in [1.54, 1.807) is 0 Å². The first-order valence-electron chi connectivity index (χ1n) is 8.76. The fourth-order valence-electron chi connectivity index (χ4n) is 2.26. The largest absolute Gasteiger partial charge is 0.494 e. The molecule has 0 aliphatic carbocycles. The Morgan fingerprint density at radius 3 is 2.50 bits per heavy atom. The predicted octanol–water partition coefficient (Wildman–Crippen LogP) is 4.01. The van der Waals surface area contributed by atoms with E-state index in [0.29, 0.717) is 18.1 Å². The minimum Gasteiger partial charge on any atom is -0.494 e. The van der Waals surface area contributed by atoms with E-state index in [2.05, 4.69) is 17.5 Å². The Kier molecular flexibility index (Phi) is 7.21. The van der Waals surface area contributed by atoms with Gasteiger partial charge in [-0.2, -0.15) is 5.10 Å². The normalized spacial score (nSPS) is 11.2. The molecule has 0 spiro atoms. The second-order valence-corrected chi connectivity index (χ2v) is 6.16. The predicted molar refractivity (Wildman–Crippen MR) is 104 cm³/mol. The van der Waals surface area contributed by atoms with Gasteiger partial charge in [-0.25, -0.2) is 5.43 Å². The van der Waals surface area contributed by atoms with Crippen LogP contribution < -0.4 is 14.9 Å². The molecule has 0 unspecified atom stereocenters. The lowest BCUT2D eigenvalue weighted by Gasteiger charge is -2.09. The lowest BCUT2D eigenvalue weighted by molar-refractivity contribution is -0.123. The van der Waals surface area contributed by atoms with Crippen LogP contribution in [0, 0.1) is 13.8 Å². The van der Waals surface area contributed by atoms with Gasteiger partial charge in [0.1, 0.15) is 11.5 Å². The maximum atomic E-state index is 12.0. The Morgan fingerprint density at radius 1 is 1.08 bits per heavy atom. The molecule has 1 amide bonds. The Bertz CT molecular complexity index is 767. The van der Waals surface area contributed by atoms with Gasteiger partial charge in [-0.1, -0.05) is 19.1 Å². The van der Waals surface area contributed by atoms with E-state index in [9.17, 15) is 4.79 Å². The highest BCUT2D eigenvalue weighted by Crippen LogP contribution is 2.18. The number of rotatable bonds is 8. The number of nitrogens with zero attached hydrogens (tertiary/aromatic N) is 1. The number of ether oxygens (including phenoxy) is 2. The van der Waals surface area contributed by atoms with Crippen molar-refractivity contribution in [3.05, 3.63) is 59.2 Å². The van der Waals surface area contributed by atoms with Crippen LogP contribution in [0.5, 0.6) is 11.5 Å². The highest BCUT2D eigenvalue weighted by atomic mass is 16.5. The third-order valence-electron chi connectivity index (χ3n) is 3.80. The molecular weight excluding hydrogens is 328 g/mol. The summed E-state index contributed by atoms with van der Waals surface area (Å²) in [6.07, 6.45) is 0.971. The summed E-state index contributed by atoms with van der Waals surface area (Å²) in [5.74, 6) is 1.24. The molecule has 0 aromatic heterocycles. The minimum atomic E-state index is -0.298. The van der Waals surface area contributed by atoms with Gasteiger partial charge in [0.05, 0.1) is 12.3 Å². The van der Waals surface area contributed by atoms with Gasteiger partial charge in [-0.15, -0.1) is 0 Å². The number of amides is 1. The van der Waals surface area contributed by atoms with E-state index in [0.717, 1.165) is 28.9 Å². The minimum absolute atomic E-state index is 0.0785. The molecule has 26 heavy (non-hydrogen) atoms. The van der Waals surface area contributed by atoms with Crippen molar-refractivity contribution in [3.8, 4) is 11.5 Å². The van der Waals surface area contributed by atoms with Crippen LogP contribution in [0.25, 0.3) is 0 Å². The monoisotopic (exact) mass is 354 g/mol. The summed E-state index contributed by atoms with van der Waals surface area (Å²) in [7, 11) is 0. The van der Waals surface area contributed by atoms with Crippen molar-refractivity contribution >= 4 is 11.6 Å². The van der Waals surface area contributed by atoms with Crippen molar-refractivity contribution in [2.45, 2.75) is 34.1 Å². The van der Waals surface area contributed by atoms with Crippen LogP contribution in [0.1, 0.15) is 37.0 Å². The smallest absolute Gasteiger partial charge is 0.277 e. The summed E-state index contributed by atoms with van der Waals surface area (Å²) in [6, 6.07) is 13.5. The topological polar surface area (TPSA) is 59.9 Å². The number of hydrogen-bond donors (Lipinski definition) is 1. The van der Waals surface area contributed by atoms with Gasteiger partial charge in [-0.05, 0) is 74.2 Å². The van der Waals surface area contributed by atoms with Crippen molar-refractivity contribution in [2.75, 3.05) is 13.2 Å². The van der Waals surface area contributed by atoms with E-state index in [1.165, 1.54) is 0 Å². The van der Waals surface area contributed by atoms with Gasteiger partial charge in [0, 0.05) is 0 Å².